The number of thiophene rings is 1. The van der Waals surface area contributed by atoms with Crippen molar-refractivity contribution in [1.29, 1.82) is 0 Å². The highest BCUT2D eigenvalue weighted by atomic mass is 79.9. The number of nitrogens with one attached hydrogen (secondary N) is 1. The smallest absolute Gasteiger partial charge is 0.177 e. The molecule has 3 aromatic rings. The van der Waals surface area contributed by atoms with E-state index in [9.17, 15) is 4.39 Å². The summed E-state index contributed by atoms with van der Waals surface area (Å²) in [5.41, 5.74) is 8.27. The van der Waals surface area contributed by atoms with Gasteiger partial charge in [-0.05, 0) is 40.4 Å². The number of pyridine rings is 1. The topological polar surface area (TPSA) is 64.1 Å². The van der Waals surface area contributed by atoms with Crippen LogP contribution in [0.1, 0.15) is 23.3 Å². The number of halogens is 2. The van der Waals surface area contributed by atoms with Crippen molar-refractivity contribution < 1.29 is 8.81 Å². The third kappa shape index (κ3) is 3.87. The highest BCUT2D eigenvalue weighted by molar-refractivity contribution is 9.10. The summed E-state index contributed by atoms with van der Waals surface area (Å²) in [5.74, 6) is 3.12. The van der Waals surface area contributed by atoms with E-state index in [4.69, 9.17) is 16.6 Å². The summed E-state index contributed by atoms with van der Waals surface area (Å²) in [5, 5.41) is 5.36. The van der Waals surface area contributed by atoms with Gasteiger partial charge in [0, 0.05) is 23.9 Å². The fourth-order valence-corrected chi connectivity index (χ4v) is 3.55. The zero-order chi connectivity index (χ0) is 18.0. The number of aromatic nitrogens is 1. The number of hydrogen-bond acceptors (Lipinski definition) is 5. The van der Waals surface area contributed by atoms with Crippen LogP contribution in [0.5, 0.6) is 0 Å². The van der Waals surface area contributed by atoms with Gasteiger partial charge in [-0.25, -0.2) is 9.37 Å². The average molecular weight is 422 g/mol. The molecule has 0 bridgehead atoms. The number of alkyl halides is 1. The molecule has 3 aromatic heterocycles. The molecule has 0 saturated heterocycles. The number of furan rings is 1. The maximum atomic E-state index is 13.4. The van der Waals surface area contributed by atoms with E-state index in [2.05, 4.69) is 32.2 Å². The molecule has 0 amide bonds. The molecule has 0 aliphatic carbocycles. The Hall–Kier alpha value is -1.88. The Morgan fingerprint density at radius 1 is 1.56 bits per heavy atom. The minimum absolute atomic E-state index is 0.268. The van der Waals surface area contributed by atoms with Crippen LogP contribution >= 0.6 is 27.3 Å². The van der Waals surface area contributed by atoms with Gasteiger partial charge in [0.15, 0.2) is 5.58 Å². The summed E-state index contributed by atoms with van der Waals surface area (Å²) >= 11 is 5.15. The van der Waals surface area contributed by atoms with Gasteiger partial charge in [-0.1, -0.05) is 12.0 Å². The molecule has 0 saturated carbocycles. The molecule has 7 heteroatoms. The number of terminal acetylenes is 1. The lowest BCUT2D eigenvalue weighted by atomic mass is 10.1. The van der Waals surface area contributed by atoms with E-state index >= 15 is 0 Å². The number of nitrogens with zero attached hydrogens (tertiary/aromatic N) is 1. The fraction of sp³-hybridized carbons (Fsp3) is 0.278. The van der Waals surface area contributed by atoms with Gasteiger partial charge >= 0.3 is 0 Å². The normalized spacial score (nSPS) is 13.6. The predicted molar refractivity (Wildman–Crippen MR) is 104 cm³/mol. The summed E-state index contributed by atoms with van der Waals surface area (Å²) in [6.07, 6.45) is 4.66. The minimum atomic E-state index is -1.13. The van der Waals surface area contributed by atoms with Crippen LogP contribution in [0.3, 0.4) is 0 Å². The quantitative estimate of drug-likeness (QED) is 0.576. The second kappa shape index (κ2) is 7.56. The molecule has 25 heavy (non-hydrogen) atoms. The van der Waals surface area contributed by atoms with Crippen molar-refractivity contribution >= 4 is 44.1 Å². The summed E-state index contributed by atoms with van der Waals surface area (Å²) in [4.78, 5) is 5.61. The first kappa shape index (κ1) is 17.9. The van der Waals surface area contributed by atoms with Crippen LogP contribution in [-0.4, -0.2) is 17.2 Å². The fourth-order valence-electron chi connectivity index (χ4n) is 2.39. The first-order chi connectivity index (χ1) is 12.0. The van der Waals surface area contributed by atoms with Crippen LogP contribution in [0.2, 0.25) is 0 Å². The van der Waals surface area contributed by atoms with Gasteiger partial charge in [-0.3, -0.25) is 0 Å². The van der Waals surface area contributed by atoms with Crippen molar-refractivity contribution in [2.45, 2.75) is 32.1 Å². The largest absolute Gasteiger partial charge is 0.456 e. The van der Waals surface area contributed by atoms with E-state index in [0.29, 0.717) is 33.6 Å². The second-order valence-corrected chi connectivity index (χ2v) is 7.52. The second-order valence-electron chi connectivity index (χ2n) is 5.69. The van der Waals surface area contributed by atoms with Crippen LogP contribution in [0.25, 0.3) is 11.1 Å². The van der Waals surface area contributed by atoms with Gasteiger partial charge < -0.3 is 15.5 Å². The van der Waals surface area contributed by atoms with Crippen LogP contribution in [0, 0.1) is 12.3 Å². The molecule has 0 aliphatic heterocycles. The minimum Gasteiger partial charge on any atom is -0.456 e. The van der Waals surface area contributed by atoms with Crippen molar-refractivity contribution in [1.82, 2.24) is 4.98 Å². The Balaban J connectivity index is 1.99. The van der Waals surface area contributed by atoms with Gasteiger partial charge in [-0.15, -0.1) is 17.8 Å². The van der Waals surface area contributed by atoms with E-state index in [1.807, 2.05) is 17.5 Å². The zero-order valence-corrected chi connectivity index (χ0v) is 16.0. The number of nitrogens with two attached hydrogens (primary N) is 1. The van der Waals surface area contributed by atoms with Crippen molar-refractivity contribution in [3.05, 3.63) is 44.4 Å². The molecule has 0 spiro atoms. The van der Waals surface area contributed by atoms with Crippen molar-refractivity contribution in [3.63, 3.8) is 0 Å². The lowest BCUT2D eigenvalue weighted by Crippen LogP contribution is -2.31. The summed E-state index contributed by atoms with van der Waals surface area (Å²) in [6.45, 7) is 2.08. The summed E-state index contributed by atoms with van der Waals surface area (Å²) in [6, 6.07) is 5.17. The molecule has 3 N–H and O–H groups in total. The van der Waals surface area contributed by atoms with Crippen LogP contribution in [0.4, 0.5) is 10.1 Å². The van der Waals surface area contributed by atoms with Gasteiger partial charge in [0.2, 0.25) is 0 Å². The lowest BCUT2D eigenvalue weighted by Gasteiger charge is -2.10. The molecule has 0 fully saturated rings. The van der Waals surface area contributed by atoms with Crippen molar-refractivity contribution in [2.75, 3.05) is 5.32 Å². The zero-order valence-electron chi connectivity index (χ0n) is 13.6. The van der Waals surface area contributed by atoms with Crippen molar-refractivity contribution in [3.8, 4) is 12.3 Å². The molecular weight excluding hydrogens is 405 g/mol. The summed E-state index contributed by atoms with van der Waals surface area (Å²) in [7, 11) is 0. The van der Waals surface area contributed by atoms with Crippen LogP contribution in [-0.2, 0) is 13.0 Å². The standard InChI is InChI=1S/C18H17BrFN3OS/c1-3-11-7-14(22-9-12-5-4-6-25-12)18-17(23-11)16(19)15(24-18)8-13(21)10(2)20/h1,4-7,10,13H,8-9,21H2,2H3,(H,22,23)/t10-,13+/m0/s1. The maximum absolute atomic E-state index is 13.4. The summed E-state index contributed by atoms with van der Waals surface area (Å²) < 4.78 is 20.0. The third-order valence-electron chi connectivity index (χ3n) is 3.84. The van der Waals surface area contributed by atoms with Crippen LogP contribution in [0.15, 0.2) is 32.5 Å². The van der Waals surface area contributed by atoms with Gasteiger partial charge in [-0.2, -0.15) is 0 Å². The first-order valence-corrected chi connectivity index (χ1v) is 9.41. The Labute approximate surface area is 157 Å². The first-order valence-electron chi connectivity index (χ1n) is 7.74. The van der Waals surface area contributed by atoms with Crippen LogP contribution < -0.4 is 11.1 Å². The number of fused-ring (bicyclic) bond motifs is 1. The van der Waals surface area contributed by atoms with E-state index in [1.54, 1.807) is 17.4 Å². The number of rotatable bonds is 6. The Morgan fingerprint density at radius 3 is 3.00 bits per heavy atom. The molecule has 3 rings (SSSR count). The highest BCUT2D eigenvalue weighted by Crippen LogP contribution is 2.35. The molecule has 0 aromatic carbocycles. The molecule has 2 atom stereocenters. The molecular formula is C18H17BrFN3OS. The van der Waals surface area contributed by atoms with Gasteiger partial charge in [0.25, 0.3) is 0 Å². The average Bonchev–Trinajstić information content (AvgIpc) is 3.22. The molecule has 4 nitrogen and oxygen atoms in total. The van der Waals surface area contributed by atoms with Crippen molar-refractivity contribution in [2.24, 2.45) is 5.73 Å². The number of anilines is 1. The highest BCUT2D eigenvalue weighted by Gasteiger charge is 2.21. The SMILES string of the molecule is C#Cc1cc(NCc2cccs2)c2oc(C[C@@H](N)[C@H](C)F)c(Br)c2n1. The van der Waals surface area contributed by atoms with Gasteiger partial charge in [0.1, 0.15) is 23.1 Å². The Bertz CT molecular complexity index is 915. The molecule has 0 radical (unpaired) electrons. The maximum Gasteiger partial charge on any atom is 0.177 e. The third-order valence-corrected chi connectivity index (χ3v) is 5.54. The molecule has 0 aliphatic rings. The van der Waals surface area contributed by atoms with E-state index in [0.717, 1.165) is 5.69 Å². The molecule has 3 heterocycles. The van der Waals surface area contributed by atoms with E-state index < -0.39 is 12.2 Å². The van der Waals surface area contributed by atoms with E-state index in [1.165, 1.54) is 11.8 Å². The molecule has 130 valence electrons. The van der Waals surface area contributed by atoms with E-state index in [-0.39, 0.29) is 6.42 Å². The Kier molecular flexibility index (Phi) is 5.42. The molecule has 0 unspecified atom stereocenters. The lowest BCUT2D eigenvalue weighted by molar-refractivity contribution is 0.295. The Morgan fingerprint density at radius 2 is 2.36 bits per heavy atom. The predicted octanol–water partition coefficient (Wildman–Crippen LogP) is 4.47. The van der Waals surface area contributed by atoms with Gasteiger partial charge in [0.05, 0.1) is 10.2 Å². The monoisotopic (exact) mass is 421 g/mol. The number of hydrogen-bond donors (Lipinski definition) is 2.